The molecule has 0 aliphatic heterocycles. The molecule has 0 N–H and O–H groups in total. The van der Waals surface area contributed by atoms with E-state index in [1.165, 1.54) is 19.4 Å². The van der Waals surface area contributed by atoms with E-state index in [-0.39, 0.29) is 4.90 Å². The second kappa shape index (κ2) is 7.29. The molecule has 1 atom stereocenters. The van der Waals surface area contributed by atoms with Gasteiger partial charge in [0.2, 0.25) is 0 Å². The van der Waals surface area contributed by atoms with Crippen LogP contribution in [0.2, 0.25) is 0 Å². The third kappa shape index (κ3) is 3.58. The number of hydroxylamine groups is 1. The van der Waals surface area contributed by atoms with Gasteiger partial charge in [-0.05, 0) is 37.1 Å². The molecule has 7 heteroatoms. The molecule has 0 unspecified atom stereocenters. The molecule has 2 aromatic rings. The van der Waals surface area contributed by atoms with Crippen LogP contribution in [0.25, 0.3) is 0 Å². The Morgan fingerprint density at radius 2 is 1.79 bits per heavy atom. The van der Waals surface area contributed by atoms with Crippen LogP contribution in [0.5, 0.6) is 0 Å². The van der Waals surface area contributed by atoms with Gasteiger partial charge in [0.15, 0.2) is 0 Å². The van der Waals surface area contributed by atoms with E-state index in [4.69, 9.17) is 4.84 Å². The largest absolute Gasteiger partial charge is 0.363 e. The maximum atomic E-state index is 12.9. The minimum atomic E-state index is -3.83. The summed E-state index contributed by atoms with van der Waals surface area (Å²) < 4.78 is 26.9. The topological polar surface area (TPSA) is 62.7 Å². The summed E-state index contributed by atoms with van der Waals surface area (Å²) in [5.74, 6) is 0.685. The molecular weight excluding hydrogens is 326 g/mol. The molecule has 0 amide bonds. The van der Waals surface area contributed by atoms with E-state index >= 15 is 0 Å². The number of nitrogens with zero attached hydrogens (tertiary/aromatic N) is 3. The number of aryl methyl sites for hydroxylation is 1. The summed E-state index contributed by atoms with van der Waals surface area (Å²) in [5.41, 5.74) is 1.89. The number of aromatic nitrogens is 1. The van der Waals surface area contributed by atoms with Gasteiger partial charge in [-0.3, -0.25) is 4.84 Å². The summed E-state index contributed by atoms with van der Waals surface area (Å²) in [5, 5.41) is 0. The number of anilines is 1. The average molecular weight is 349 g/mol. The van der Waals surface area contributed by atoms with Crippen LogP contribution < -0.4 is 4.90 Å². The van der Waals surface area contributed by atoms with E-state index in [0.717, 1.165) is 15.6 Å². The summed E-state index contributed by atoms with van der Waals surface area (Å²) in [7, 11) is 1.22. The highest BCUT2D eigenvalue weighted by Gasteiger charge is 2.31. The highest BCUT2D eigenvalue weighted by Crippen LogP contribution is 2.29. The highest BCUT2D eigenvalue weighted by molar-refractivity contribution is 7.89. The second-order valence-corrected chi connectivity index (χ2v) is 7.50. The monoisotopic (exact) mass is 349 g/mol. The third-order valence-corrected chi connectivity index (χ3v) is 5.62. The number of sulfonamides is 1. The van der Waals surface area contributed by atoms with Crippen molar-refractivity contribution in [3.63, 3.8) is 0 Å². The smallest absolute Gasteiger partial charge is 0.267 e. The Hall–Kier alpha value is -1.96. The Kier molecular flexibility index (Phi) is 5.58. The highest BCUT2D eigenvalue weighted by atomic mass is 32.2. The molecule has 24 heavy (non-hydrogen) atoms. The van der Waals surface area contributed by atoms with Gasteiger partial charge >= 0.3 is 0 Å². The lowest BCUT2D eigenvalue weighted by atomic mass is 10.0. The molecule has 1 aromatic heterocycles. The summed E-state index contributed by atoms with van der Waals surface area (Å²) in [4.78, 5) is 11.3. The SMILES string of the molecule is CON([C@@H](C)c1ccccc1C)S(=O)(=O)c1ccc(N(C)C)nc1. The summed E-state index contributed by atoms with van der Waals surface area (Å²) in [6.07, 6.45) is 1.35. The zero-order valence-corrected chi connectivity index (χ0v) is 15.4. The first-order valence-electron chi connectivity index (χ1n) is 7.56. The molecule has 2 rings (SSSR count). The van der Waals surface area contributed by atoms with Crippen molar-refractivity contribution in [3.8, 4) is 0 Å². The number of hydrogen-bond donors (Lipinski definition) is 0. The molecule has 0 saturated carbocycles. The van der Waals surface area contributed by atoms with Gasteiger partial charge in [0.25, 0.3) is 10.0 Å². The number of benzene rings is 1. The standard InChI is InChI=1S/C17H23N3O3S/c1-13-8-6-7-9-16(13)14(2)20(23-5)24(21,22)15-10-11-17(18-12-15)19(3)4/h6-12,14H,1-5H3/t14-/m0/s1. The Labute approximate surface area is 143 Å². The van der Waals surface area contributed by atoms with Crippen LogP contribution in [0.4, 0.5) is 5.82 Å². The van der Waals surface area contributed by atoms with Gasteiger partial charge in [-0.2, -0.15) is 0 Å². The fourth-order valence-electron chi connectivity index (χ4n) is 2.53. The Morgan fingerprint density at radius 3 is 2.29 bits per heavy atom. The quantitative estimate of drug-likeness (QED) is 0.751. The van der Waals surface area contributed by atoms with Crippen molar-refractivity contribution in [1.82, 2.24) is 9.45 Å². The first-order valence-corrected chi connectivity index (χ1v) is 9.00. The Balaban J connectivity index is 2.39. The molecule has 130 valence electrons. The summed E-state index contributed by atoms with van der Waals surface area (Å²) in [6, 6.07) is 10.4. The van der Waals surface area contributed by atoms with Crippen LogP contribution in [0.3, 0.4) is 0 Å². The van der Waals surface area contributed by atoms with Crippen LogP contribution >= 0.6 is 0 Å². The van der Waals surface area contributed by atoms with Gasteiger partial charge in [-0.1, -0.05) is 28.7 Å². The van der Waals surface area contributed by atoms with E-state index < -0.39 is 16.1 Å². The van der Waals surface area contributed by atoms with E-state index in [0.29, 0.717) is 5.82 Å². The van der Waals surface area contributed by atoms with Gasteiger partial charge in [-0.15, -0.1) is 0 Å². The van der Waals surface area contributed by atoms with Gasteiger partial charge in [0.1, 0.15) is 10.7 Å². The molecule has 0 spiro atoms. The second-order valence-electron chi connectivity index (χ2n) is 5.72. The van der Waals surface area contributed by atoms with E-state index in [2.05, 4.69) is 4.98 Å². The molecule has 0 bridgehead atoms. The normalized spacial score (nSPS) is 13.1. The van der Waals surface area contributed by atoms with Crippen LogP contribution in [-0.2, 0) is 14.9 Å². The number of hydrogen-bond acceptors (Lipinski definition) is 5. The maximum absolute atomic E-state index is 12.9. The van der Waals surface area contributed by atoms with E-state index in [9.17, 15) is 8.42 Å². The summed E-state index contributed by atoms with van der Waals surface area (Å²) in [6.45, 7) is 3.74. The fraction of sp³-hybridized carbons (Fsp3) is 0.353. The molecule has 0 saturated heterocycles. The predicted molar refractivity (Wildman–Crippen MR) is 94.2 cm³/mol. The minimum Gasteiger partial charge on any atom is -0.363 e. The lowest BCUT2D eigenvalue weighted by molar-refractivity contribution is -0.0774. The van der Waals surface area contributed by atoms with Crippen LogP contribution in [0.1, 0.15) is 24.1 Å². The van der Waals surface area contributed by atoms with Crippen LogP contribution in [-0.4, -0.2) is 39.1 Å². The van der Waals surface area contributed by atoms with Crippen molar-refractivity contribution in [2.24, 2.45) is 0 Å². The zero-order valence-electron chi connectivity index (χ0n) is 14.6. The molecular formula is C17H23N3O3S. The average Bonchev–Trinajstić information content (AvgIpc) is 2.55. The maximum Gasteiger partial charge on any atom is 0.267 e. The summed E-state index contributed by atoms with van der Waals surface area (Å²) >= 11 is 0. The zero-order chi connectivity index (χ0) is 17.9. The Morgan fingerprint density at radius 1 is 1.12 bits per heavy atom. The van der Waals surface area contributed by atoms with Crippen molar-refractivity contribution in [1.29, 1.82) is 0 Å². The van der Waals surface area contributed by atoms with Crippen molar-refractivity contribution in [2.75, 3.05) is 26.1 Å². The third-order valence-electron chi connectivity index (χ3n) is 3.85. The first-order chi connectivity index (χ1) is 11.3. The lowest BCUT2D eigenvalue weighted by Gasteiger charge is -2.27. The first kappa shape index (κ1) is 18.4. The van der Waals surface area contributed by atoms with Gasteiger partial charge in [0, 0.05) is 20.3 Å². The van der Waals surface area contributed by atoms with Gasteiger partial charge in [0.05, 0.1) is 13.2 Å². The fourth-order valence-corrected chi connectivity index (χ4v) is 3.89. The van der Waals surface area contributed by atoms with E-state index in [1.54, 1.807) is 17.9 Å². The van der Waals surface area contributed by atoms with Gasteiger partial charge in [-0.25, -0.2) is 13.4 Å². The molecule has 0 radical (unpaired) electrons. The Bertz CT molecular complexity index is 789. The molecule has 0 aliphatic rings. The number of rotatable bonds is 6. The molecule has 1 heterocycles. The number of pyridine rings is 1. The van der Waals surface area contributed by atoms with Crippen molar-refractivity contribution < 1.29 is 13.3 Å². The molecule has 0 fully saturated rings. The lowest BCUT2D eigenvalue weighted by Crippen LogP contribution is -2.33. The molecule has 6 nitrogen and oxygen atoms in total. The van der Waals surface area contributed by atoms with E-state index in [1.807, 2.05) is 45.3 Å². The van der Waals surface area contributed by atoms with Crippen molar-refractivity contribution >= 4 is 15.8 Å². The van der Waals surface area contributed by atoms with Crippen molar-refractivity contribution in [3.05, 3.63) is 53.7 Å². The molecule has 1 aromatic carbocycles. The van der Waals surface area contributed by atoms with Gasteiger partial charge < -0.3 is 4.90 Å². The van der Waals surface area contributed by atoms with Crippen LogP contribution in [0, 0.1) is 6.92 Å². The predicted octanol–water partition coefficient (Wildman–Crippen LogP) is 2.77. The molecule has 0 aliphatic carbocycles. The minimum absolute atomic E-state index is 0.0929. The van der Waals surface area contributed by atoms with Crippen LogP contribution in [0.15, 0.2) is 47.5 Å². The van der Waals surface area contributed by atoms with Crippen molar-refractivity contribution in [2.45, 2.75) is 24.8 Å².